The number of carbonyl (C=O) groups is 1. The van der Waals surface area contributed by atoms with Crippen LogP contribution in [0.15, 0.2) is 36.5 Å². The van der Waals surface area contributed by atoms with E-state index in [1.54, 1.807) is 0 Å². The van der Waals surface area contributed by atoms with Gasteiger partial charge in [-0.15, -0.1) is 0 Å². The van der Waals surface area contributed by atoms with Gasteiger partial charge in [-0.2, -0.15) is 0 Å². The molecule has 0 saturated carbocycles. The molecule has 0 bridgehead atoms. The molecule has 5 nitrogen and oxygen atoms in total. The van der Waals surface area contributed by atoms with Gasteiger partial charge < -0.3 is 14.2 Å². The van der Waals surface area contributed by atoms with Crippen LogP contribution in [0.2, 0.25) is 0 Å². The van der Waals surface area contributed by atoms with Gasteiger partial charge in [0, 0.05) is 37.4 Å². The van der Waals surface area contributed by atoms with Crippen LogP contribution in [-0.4, -0.2) is 40.1 Å². The van der Waals surface area contributed by atoms with Gasteiger partial charge >= 0.3 is 0 Å². The molecule has 0 spiro atoms. The molecule has 1 unspecified atom stereocenters. The molecule has 0 radical (unpaired) electrons. The Balaban J connectivity index is 1.56. The van der Waals surface area contributed by atoms with Gasteiger partial charge in [0.05, 0.1) is 0 Å². The number of ether oxygens (including phenoxy) is 1. The number of nitrogens with zero attached hydrogens (tertiary/aromatic N) is 3. The highest BCUT2D eigenvalue weighted by Crippen LogP contribution is 2.23. The predicted octanol–water partition coefficient (Wildman–Crippen LogP) is 3.63. The Hall–Kier alpha value is -2.30. The second-order valence-corrected chi connectivity index (χ2v) is 7.43. The van der Waals surface area contributed by atoms with Crippen molar-refractivity contribution < 1.29 is 9.53 Å². The molecule has 26 heavy (non-hydrogen) atoms. The molecule has 1 amide bonds. The number of imidazole rings is 1. The average Bonchev–Trinajstić information content (AvgIpc) is 3.01. The van der Waals surface area contributed by atoms with E-state index < -0.39 is 0 Å². The molecule has 1 aromatic carbocycles. The molecule has 1 atom stereocenters. The summed E-state index contributed by atoms with van der Waals surface area (Å²) in [7, 11) is 0. The predicted molar refractivity (Wildman–Crippen MR) is 102 cm³/mol. The second kappa shape index (κ2) is 8.39. The topological polar surface area (TPSA) is 47.4 Å². The average molecular weight is 355 g/mol. The van der Waals surface area contributed by atoms with Crippen LogP contribution >= 0.6 is 0 Å². The third-order valence-corrected chi connectivity index (χ3v) is 5.02. The molecule has 0 N–H and O–H groups in total. The molecule has 0 aliphatic carbocycles. The Labute approximate surface area is 156 Å². The maximum absolute atomic E-state index is 12.5. The Morgan fingerprint density at radius 2 is 2.08 bits per heavy atom. The summed E-state index contributed by atoms with van der Waals surface area (Å²) in [5.41, 5.74) is 1.20. The molecule has 1 fully saturated rings. The van der Waals surface area contributed by atoms with E-state index in [0.717, 1.165) is 43.9 Å². The van der Waals surface area contributed by atoms with Crippen LogP contribution in [0.4, 0.5) is 0 Å². The quantitative estimate of drug-likeness (QED) is 0.795. The van der Waals surface area contributed by atoms with E-state index in [2.05, 4.69) is 30.3 Å². The number of benzene rings is 1. The first-order valence-corrected chi connectivity index (χ1v) is 9.53. The fraction of sp³-hybridized carbons (Fsp3) is 0.524. The van der Waals surface area contributed by atoms with Crippen LogP contribution < -0.4 is 4.74 Å². The lowest BCUT2D eigenvalue weighted by Crippen LogP contribution is -2.43. The van der Waals surface area contributed by atoms with Gasteiger partial charge in [-0.1, -0.05) is 18.2 Å². The number of hydrogen-bond acceptors (Lipinski definition) is 3. The van der Waals surface area contributed by atoms with Crippen molar-refractivity contribution in [2.45, 2.75) is 46.1 Å². The summed E-state index contributed by atoms with van der Waals surface area (Å²) >= 11 is 0. The molecule has 140 valence electrons. The number of para-hydroxylation sites is 1. The highest BCUT2D eigenvalue weighted by molar-refractivity contribution is 5.77. The first kappa shape index (κ1) is 18.5. The SMILES string of the molecule is Cc1cnc(CC2CCCN(C(=O)COc3ccccc3)C2)n1C(C)C. The maximum Gasteiger partial charge on any atom is 0.260 e. The first-order chi connectivity index (χ1) is 12.5. The van der Waals surface area contributed by atoms with E-state index in [-0.39, 0.29) is 12.5 Å². The Morgan fingerprint density at radius 3 is 2.81 bits per heavy atom. The van der Waals surface area contributed by atoms with Gasteiger partial charge in [0.1, 0.15) is 11.6 Å². The van der Waals surface area contributed by atoms with E-state index in [1.165, 1.54) is 5.69 Å². The lowest BCUT2D eigenvalue weighted by molar-refractivity contribution is -0.135. The van der Waals surface area contributed by atoms with E-state index in [0.29, 0.717) is 12.0 Å². The third kappa shape index (κ3) is 4.45. The largest absolute Gasteiger partial charge is 0.484 e. The van der Waals surface area contributed by atoms with Gasteiger partial charge in [-0.05, 0) is 51.7 Å². The summed E-state index contributed by atoms with van der Waals surface area (Å²) in [6, 6.07) is 9.92. The summed E-state index contributed by atoms with van der Waals surface area (Å²) in [5, 5.41) is 0. The van der Waals surface area contributed by atoms with E-state index in [1.807, 2.05) is 41.4 Å². The van der Waals surface area contributed by atoms with Crippen molar-refractivity contribution in [3.8, 4) is 5.75 Å². The van der Waals surface area contributed by atoms with Crippen molar-refractivity contribution in [1.82, 2.24) is 14.5 Å². The number of hydrogen-bond donors (Lipinski definition) is 0. The number of piperidine rings is 1. The first-order valence-electron chi connectivity index (χ1n) is 9.53. The fourth-order valence-electron chi connectivity index (χ4n) is 3.82. The smallest absolute Gasteiger partial charge is 0.260 e. The van der Waals surface area contributed by atoms with Gasteiger partial charge in [0.15, 0.2) is 6.61 Å². The zero-order chi connectivity index (χ0) is 18.5. The molecule has 1 saturated heterocycles. The van der Waals surface area contributed by atoms with Gasteiger partial charge in [0.2, 0.25) is 0 Å². The number of carbonyl (C=O) groups excluding carboxylic acids is 1. The van der Waals surface area contributed by atoms with Crippen LogP contribution in [0, 0.1) is 12.8 Å². The molecule has 2 heterocycles. The van der Waals surface area contributed by atoms with Gasteiger partial charge in [-0.25, -0.2) is 4.98 Å². The monoisotopic (exact) mass is 355 g/mol. The molecule has 2 aromatic rings. The van der Waals surface area contributed by atoms with Gasteiger partial charge in [-0.3, -0.25) is 4.79 Å². The van der Waals surface area contributed by atoms with Crippen molar-refractivity contribution in [2.75, 3.05) is 19.7 Å². The minimum Gasteiger partial charge on any atom is -0.484 e. The van der Waals surface area contributed by atoms with E-state index in [4.69, 9.17) is 4.74 Å². The number of aryl methyl sites for hydroxylation is 1. The molecule has 3 rings (SSSR count). The summed E-state index contributed by atoms with van der Waals surface area (Å²) in [4.78, 5) is 19.1. The Kier molecular flexibility index (Phi) is 5.96. The van der Waals surface area contributed by atoms with E-state index >= 15 is 0 Å². The standard InChI is InChI=1S/C21H29N3O2/c1-16(2)24-17(3)13-22-20(24)12-18-8-7-11-23(14-18)21(25)15-26-19-9-5-4-6-10-19/h4-6,9-10,13,16,18H,7-8,11-12,14-15H2,1-3H3. The third-order valence-electron chi connectivity index (χ3n) is 5.02. The number of amides is 1. The summed E-state index contributed by atoms with van der Waals surface area (Å²) in [6.07, 6.45) is 5.07. The second-order valence-electron chi connectivity index (χ2n) is 7.43. The zero-order valence-electron chi connectivity index (χ0n) is 16.0. The molecule has 1 aliphatic rings. The number of likely N-dealkylation sites (tertiary alicyclic amines) is 1. The number of rotatable bonds is 6. The van der Waals surface area contributed by atoms with Crippen LogP contribution in [0.1, 0.15) is 44.2 Å². The van der Waals surface area contributed by atoms with Crippen LogP contribution in [-0.2, 0) is 11.2 Å². The van der Waals surface area contributed by atoms with Crippen molar-refractivity contribution in [1.29, 1.82) is 0 Å². The summed E-state index contributed by atoms with van der Waals surface area (Å²) < 4.78 is 7.93. The molecule has 1 aliphatic heterocycles. The van der Waals surface area contributed by atoms with E-state index in [9.17, 15) is 4.79 Å². The molecule has 1 aromatic heterocycles. The lowest BCUT2D eigenvalue weighted by atomic mass is 9.94. The van der Waals surface area contributed by atoms with Crippen molar-refractivity contribution in [3.63, 3.8) is 0 Å². The summed E-state index contributed by atoms with van der Waals surface area (Å²) in [5.74, 6) is 2.41. The minimum absolute atomic E-state index is 0.0712. The highest BCUT2D eigenvalue weighted by Gasteiger charge is 2.25. The highest BCUT2D eigenvalue weighted by atomic mass is 16.5. The van der Waals surface area contributed by atoms with Crippen molar-refractivity contribution in [2.24, 2.45) is 5.92 Å². The van der Waals surface area contributed by atoms with Crippen molar-refractivity contribution >= 4 is 5.91 Å². The molecular weight excluding hydrogens is 326 g/mol. The van der Waals surface area contributed by atoms with Crippen molar-refractivity contribution in [3.05, 3.63) is 48.0 Å². The van der Waals surface area contributed by atoms with Crippen LogP contribution in [0.3, 0.4) is 0 Å². The van der Waals surface area contributed by atoms with Crippen LogP contribution in [0.25, 0.3) is 0 Å². The Bertz CT molecular complexity index is 724. The summed E-state index contributed by atoms with van der Waals surface area (Å²) in [6.45, 7) is 8.21. The van der Waals surface area contributed by atoms with Gasteiger partial charge in [0.25, 0.3) is 5.91 Å². The maximum atomic E-state index is 12.5. The minimum atomic E-state index is 0.0712. The molecule has 5 heteroatoms. The van der Waals surface area contributed by atoms with Crippen LogP contribution in [0.5, 0.6) is 5.75 Å². The Morgan fingerprint density at radius 1 is 1.31 bits per heavy atom. The normalized spacial score (nSPS) is 17.5. The zero-order valence-corrected chi connectivity index (χ0v) is 16.0. The number of aromatic nitrogens is 2. The molecular formula is C21H29N3O2. The fourth-order valence-corrected chi connectivity index (χ4v) is 3.82. The lowest BCUT2D eigenvalue weighted by Gasteiger charge is -2.33.